The molecule has 1 rings (SSSR count). The zero-order valence-electron chi connectivity index (χ0n) is 10.1. The van der Waals surface area contributed by atoms with Crippen LogP contribution in [0.1, 0.15) is 13.3 Å². The van der Waals surface area contributed by atoms with E-state index in [1.807, 2.05) is 11.5 Å². The van der Waals surface area contributed by atoms with E-state index in [2.05, 4.69) is 15.0 Å². The molecule has 0 aliphatic rings. The van der Waals surface area contributed by atoms with Crippen LogP contribution in [0, 0.1) is 0 Å². The molecule has 0 radical (unpaired) electrons. The first-order valence-electron chi connectivity index (χ1n) is 5.78. The van der Waals surface area contributed by atoms with E-state index in [0.29, 0.717) is 19.6 Å². The van der Waals surface area contributed by atoms with Gasteiger partial charge in [-0.2, -0.15) is 0 Å². The average molecular weight is 260 g/mol. The average Bonchev–Trinajstić information content (AvgIpc) is 2.77. The van der Waals surface area contributed by atoms with E-state index in [4.69, 9.17) is 0 Å². The van der Waals surface area contributed by atoms with Crippen LogP contribution < -0.4 is 10.0 Å². The molecule has 0 aliphatic carbocycles. The largest absolute Gasteiger partial charge is 0.336 e. The van der Waals surface area contributed by atoms with E-state index >= 15 is 0 Å². The maximum atomic E-state index is 11.5. The Morgan fingerprint density at radius 2 is 2.12 bits per heavy atom. The van der Waals surface area contributed by atoms with Crippen LogP contribution in [-0.4, -0.2) is 43.4 Å². The van der Waals surface area contributed by atoms with Crippen molar-refractivity contribution in [3.63, 3.8) is 0 Å². The lowest BCUT2D eigenvalue weighted by Crippen LogP contribution is -2.33. The van der Waals surface area contributed by atoms with Gasteiger partial charge in [0.1, 0.15) is 0 Å². The van der Waals surface area contributed by atoms with Crippen LogP contribution in [0.4, 0.5) is 0 Å². The molecule has 98 valence electrons. The molecule has 0 unspecified atom stereocenters. The number of aromatic nitrogens is 2. The van der Waals surface area contributed by atoms with Gasteiger partial charge in [-0.15, -0.1) is 0 Å². The summed E-state index contributed by atoms with van der Waals surface area (Å²) in [6.45, 7) is 4.39. The lowest BCUT2D eigenvalue weighted by Gasteiger charge is -2.07. The van der Waals surface area contributed by atoms with Crippen LogP contribution in [0.3, 0.4) is 0 Å². The second-order valence-electron chi connectivity index (χ2n) is 3.76. The summed E-state index contributed by atoms with van der Waals surface area (Å²) in [6, 6.07) is 0. The maximum Gasteiger partial charge on any atom is 0.212 e. The standard InChI is InChI=1S/C10H20N4O2S/c1-2-3-11-6-9-17(15,16)13-5-8-14-7-4-12-10-14/h4,7,10-11,13H,2-3,5-6,8-9H2,1H3. The first-order valence-corrected chi connectivity index (χ1v) is 7.43. The fourth-order valence-corrected chi connectivity index (χ4v) is 2.29. The molecule has 0 amide bonds. The van der Waals surface area contributed by atoms with Crippen molar-refractivity contribution in [2.75, 3.05) is 25.4 Å². The second-order valence-corrected chi connectivity index (χ2v) is 5.69. The van der Waals surface area contributed by atoms with E-state index in [1.54, 1.807) is 18.7 Å². The Hall–Kier alpha value is -0.920. The number of hydrogen-bond donors (Lipinski definition) is 2. The molecule has 7 heteroatoms. The second kappa shape index (κ2) is 7.41. The van der Waals surface area contributed by atoms with Crippen LogP contribution in [0.25, 0.3) is 0 Å². The Morgan fingerprint density at radius 1 is 1.29 bits per heavy atom. The molecule has 17 heavy (non-hydrogen) atoms. The van der Waals surface area contributed by atoms with Crippen LogP contribution in [0.5, 0.6) is 0 Å². The molecule has 0 saturated carbocycles. The van der Waals surface area contributed by atoms with Gasteiger partial charge < -0.3 is 9.88 Å². The highest BCUT2D eigenvalue weighted by Gasteiger charge is 2.08. The molecule has 0 atom stereocenters. The van der Waals surface area contributed by atoms with Crippen molar-refractivity contribution in [1.29, 1.82) is 0 Å². The van der Waals surface area contributed by atoms with Crippen LogP contribution in [0.15, 0.2) is 18.7 Å². The van der Waals surface area contributed by atoms with Crippen LogP contribution in [-0.2, 0) is 16.6 Å². The van der Waals surface area contributed by atoms with Crippen molar-refractivity contribution >= 4 is 10.0 Å². The maximum absolute atomic E-state index is 11.5. The van der Waals surface area contributed by atoms with Crippen molar-refractivity contribution in [2.45, 2.75) is 19.9 Å². The normalized spacial score (nSPS) is 11.8. The van der Waals surface area contributed by atoms with Crippen LogP contribution >= 0.6 is 0 Å². The number of imidazole rings is 1. The van der Waals surface area contributed by atoms with Gasteiger partial charge in [0.2, 0.25) is 10.0 Å². The molecule has 0 aromatic carbocycles. The monoisotopic (exact) mass is 260 g/mol. The molecule has 0 fully saturated rings. The van der Waals surface area contributed by atoms with Crippen molar-refractivity contribution in [3.05, 3.63) is 18.7 Å². The topological polar surface area (TPSA) is 76.0 Å². The van der Waals surface area contributed by atoms with E-state index in [1.165, 1.54) is 0 Å². The van der Waals surface area contributed by atoms with Crippen molar-refractivity contribution in [1.82, 2.24) is 19.6 Å². The molecule has 0 aliphatic heterocycles. The van der Waals surface area contributed by atoms with Gasteiger partial charge in [0.15, 0.2) is 0 Å². The number of sulfonamides is 1. The number of hydrogen-bond acceptors (Lipinski definition) is 4. The molecule has 6 nitrogen and oxygen atoms in total. The first-order chi connectivity index (χ1) is 8.14. The fraction of sp³-hybridized carbons (Fsp3) is 0.700. The highest BCUT2D eigenvalue weighted by Crippen LogP contribution is 1.87. The summed E-state index contributed by atoms with van der Waals surface area (Å²) in [5.74, 6) is 0.122. The quantitative estimate of drug-likeness (QED) is 0.603. The van der Waals surface area contributed by atoms with Gasteiger partial charge in [-0.05, 0) is 13.0 Å². The Bertz CT molecular complexity index is 388. The minimum atomic E-state index is -3.16. The molecule has 1 aromatic heterocycles. The molecular weight excluding hydrogens is 240 g/mol. The molecule has 1 aromatic rings. The zero-order chi connectivity index (χ0) is 12.6. The summed E-state index contributed by atoms with van der Waals surface area (Å²) >= 11 is 0. The van der Waals surface area contributed by atoms with Gasteiger partial charge in [0, 0.05) is 32.0 Å². The Kier molecular flexibility index (Phi) is 6.17. The number of rotatable bonds is 9. The Labute approximate surface area is 102 Å². The summed E-state index contributed by atoms with van der Waals surface area (Å²) < 4.78 is 27.5. The molecule has 0 spiro atoms. The van der Waals surface area contributed by atoms with Gasteiger partial charge >= 0.3 is 0 Å². The zero-order valence-corrected chi connectivity index (χ0v) is 10.9. The lowest BCUT2D eigenvalue weighted by atomic mass is 10.5. The Balaban J connectivity index is 2.16. The summed E-state index contributed by atoms with van der Waals surface area (Å²) in [6.07, 6.45) is 6.14. The molecule has 0 saturated heterocycles. The smallest absolute Gasteiger partial charge is 0.212 e. The fourth-order valence-electron chi connectivity index (χ4n) is 1.33. The molecule has 1 heterocycles. The summed E-state index contributed by atoms with van der Waals surface area (Å²) in [7, 11) is -3.16. The summed E-state index contributed by atoms with van der Waals surface area (Å²) in [5, 5.41) is 3.06. The van der Waals surface area contributed by atoms with E-state index in [0.717, 1.165) is 13.0 Å². The molecule has 0 bridgehead atoms. The Morgan fingerprint density at radius 3 is 2.76 bits per heavy atom. The SMILES string of the molecule is CCCNCCS(=O)(=O)NCCn1ccnc1. The number of nitrogens with one attached hydrogen (secondary N) is 2. The van der Waals surface area contributed by atoms with Crippen LogP contribution in [0.2, 0.25) is 0 Å². The third kappa shape index (κ3) is 6.40. The third-order valence-corrected chi connectivity index (χ3v) is 3.61. The van der Waals surface area contributed by atoms with Crippen molar-refractivity contribution < 1.29 is 8.42 Å². The van der Waals surface area contributed by atoms with Gasteiger partial charge in [0.25, 0.3) is 0 Å². The minimum Gasteiger partial charge on any atom is -0.336 e. The van der Waals surface area contributed by atoms with E-state index in [9.17, 15) is 8.42 Å². The summed E-state index contributed by atoms with van der Waals surface area (Å²) in [4.78, 5) is 3.88. The van der Waals surface area contributed by atoms with E-state index in [-0.39, 0.29) is 5.75 Å². The van der Waals surface area contributed by atoms with E-state index < -0.39 is 10.0 Å². The van der Waals surface area contributed by atoms with Gasteiger partial charge in [0.05, 0.1) is 12.1 Å². The highest BCUT2D eigenvalue weighted by atomic mass is 32.2. The highest BCUT2D eigenvalue weighted by molar-refractivity contribution is 7.89. The number of nitrogens with zero attached hydrogens (tertiary/aromatic N) is 2. The van der Waals surface area contributed by atoms with Gasteiger partial charge in [-0.1, -0.05) is 6.92 Å². The summed E-state index contributed by atoms with van der Waals surface area (Å²) in [5.41, 5.74) is 0. The predicted octanol–water partition coefficient (Wildman–Crippen LogP) is -0.198. The predicted molar refractivity (Wildman–Crippen MR) is 67.2 cm³/mol. The minimum absolute atomic E-state index is 0.122. The van der Waals surface area contributed by atoms with Gasteiger partial charge in [-0.3, -0.25) is 0 Å². The van der Waals surface area contributed by atoms with Crippen molar-refractivity contribution in [2.24, 2.45) is 0 Å². The third-order valence-electron chi connectivity index (χ3n) is 2.23. The lowest BCUT2D eigenvalue weighted by molar-refractivity contribution is 0.568. The first kappa shape index (κ1) is 14.1. The molecule has 2 N–H and O–H groups in total. The van der Waals surface area contributed by atoms with Crippen molar-refractivity contribution in [3.8, 4) is 0 Å². The molecular formula is C10H20N4O2S. The van der Waals surface area contributed by atoms with Gasteiger partial charge in [-0.25, -0.2) is 18.1 Å².